The maximum absolute atomic E-state index is 12.5. The number of hydrogen-bond acceptors (Lipinski definition) is 4. The highest BCUT2D eigenvalue weighted by Gasteiger charge is 2.29. The Bertz CT molecular complexity index is 746. The van der Waals surface area contributed by atoms with Crippen molar-refractivity contribution in [3.63, 3.8) is 0 Å². The molecule has 0 bridgehead atoms. The summed E-state index contributed by atoms with van der Waals surface area (Å²) in [6.07, 6.45) is -4.27. The molecule has 0 radical (unpaired) electrons. The van der Waals surface area contributed by atoms with E-state index in [1.807, 2.05) is 0 Å². The highest BCUT2D eigenvalue weighted by Crippen LogP contribution is 2.30. The third-order valence-electron chi connectivity index (χ3n) is 3.57. The maximum Gasteiger partial charge on any atom is 0.416 e. The van der Waals surface area contributed by atoms with E-state index < -0.39 is 11.7 Å². The van der Waals surface area contributed by atoms with Gasteiger partial charge in [-0.1, -0.05) is 0 Å². The van der Waals surface area contributed by atoms with Crippen LogP contribution in [0.5, 0.6) is 11.5 Å². The van der Waals surface area contributed by atoms with E-state index in [2.05, 4.69) is 10.6 Å². The molecule has 0 saturated carbocycles. The number of anilines is 2. The summed E-state index contributed by atoms with van der Waals surface area (Å²) in [6, 6.07) is 9.53. The molecule has 0 aliphatic carbocycles. The van der Waals surface area contributed by atoms with Gasteiger partial charge in [-0.15, -0.1) is 0 Å². The van der Waals surface area contributed by atoms with E-state index in [-0.39, 0.29) is 12.3 Å². The molecule has 140 valence electrons. The highest BCUT2D eigenvalue weighted by molar-refractivity contribution is 5.91. The second kappa shape index (κ2) is 8.46. The Morgan fingerprint density at radius 2 is 1.73 bits per heavy atom. The van der Waals surface area contributed by atoms with Crippen molar-refractivity contribution in [3.05, 3.63) is 48.0 Å². The molecule has 2 rings (SSSR count). The average molecular weight is 368 g/mol. The van der Waals surface area contributed by atoms with Crippen LogP contribution in [0.4, 0.5) is 24.5 Å². The molecule has 0 heterocycles. The molecule has 2 aromatic carbocycles. The van der Waals surface area contributed by atoms with E-state index in [0.29, 0.717) is 29.4 Å². The Morgan fingerprint density at radius 1 is 1.04 bits per heavy atom. The Labute approximate surface area is 149 Å². The van der Waals surface area contributed by atoms with Gasteiger partial charge >= 0.3 is 6.18 Å². The molecule has 5 nitrogen and oxygen atoms in total. The predicted octanol–water partition coefficient (Wildman–Crippen LogP) is 4.16. The monoisotopic (exact) mass is 368 g/mol. The molecule has 0 unspecified atom stereocenters. The van der Waals surface area contributed by atoms with Gasteiger partial charge in [0.15, 0.2) is 0 Å². The first-order chi connectivity index (χ1) is 12.3. The summed E-state index contributed by atoms with van der Waals surface area (Å²) in [5.41, 5.74) is 0.221. The third kappa shape index (κ3) is 5.30. The molecule has 1 amide bonds. The van der Waals surface area contributed by atoms with Gasteiger partial charge in [0.05, 0.1) is 25.5 Å². The fraction of sp³-hybridized carbons (Fsp3) is 0.278. The van der Waals surface area contributed by atoms with Crippen molar-refractivity contribution in [2.24, 2.45) is 0 Å². The Kier molecular flexibility index (Phi) is 6.32. The zero-order chi connectivity index (χ0) is 19.2. The van der Waals surface area contributed by atoms with Crippen LogP contribution in [0.25, 0.3) is 0 Å². The smallest absolute Gasteiger partial charge is 0.416 e. The number of benzene rings is 2. The number of amides is 1. The standard InChI is InChI=1S/C18H19F3N2O3/c1-25-14-7-8-16(26-2)15(11-14)22-10-9-17(24)23-13-5-3-12(4-6-13)18(19,20)21/h3-8,11,22H,9-10H2,1-2H3,(H,23,24). The van der Waals surface area contributed by atoms with E-state index in [4.69, 9.17) is 9.47 Å². The van der Waals surface area contributed by atoms with Crippen LogP contribution in [0.2, 0.25) is 0 Å². The van der Waals surface area contributed by atoms with Crippen LogP contribution < -0.4 is 20.1 Å². The number of nitrogens with one attached hydrogen (secondary N) is 2. The lowest BCUT2D eigenvalue weighted by molar-refractivity contribution is -0.137. The number of carbonyl (C=O) groups excluding carboxylic acids is 1. The molecule has 0 aliphatic heterocycles. The first-order valence-electron chi connectivity index (χ1n) is 7.76. The summed E-state index contributed by atoms with van der Waals surface area (Å²) in [4.78, 5) is 11.9. The van der Waals surface area contributed by atoms with Crippen LogP contribution in [-0.2, 0) is 11.0 Å². The van der Waals surface area contributed by atoms with Gasteiger partial charge in [-0.05, 0) is 36.4 Å². The van der Waals surface area contributed by atoms with Crippen molar-refractivity contribution in [2.45, 2.75) is 12.6 Å². The Hall–Kier alpha value is -2.90. The van der Waals surface area contributed by atoms with Crippen molar-refractivity contribution in [1.29, 1.82) is 0 Å². The molecule has 0 fully saturated rings. The molecule has 0 aromatic heterocycles. The lowest BCUT2D eigenvalue weighted by Crippen LogP contribution is -2.16. The zero-order valence-corrected chi connectivity index (χ0v) is 14.3. The summed E-state index contributed by atoms with van der Waals surface area (Å²) in [7, 11) is 3.08. The largest absolute Gasteiger partial charge is 0.497 e. The Morgan fingerprint density at radius 3 is 2.31 bits per heavy atom. The third-order valence-corrected chi connectivity index (χ3v) is 3.57. The van der Waals surface area contributed by atoms with E-state index in [9.17, 15) is 18.0 Å². The Balaban J connectivity index is 1.87. The summed E-state index contributed by atoms with van der Waals surface area (Å²) in [5, 5.41) is 5.63. The number of halogens is 3. The van der Waals surface area contributed by atoms with Crippen LogP contribution in [0.3, 0.4) is 0 Å². The molecule has 2 aromatic rings. The summed E-state index contributed by atoms with van der Waals surface area (Å²) in [5.74, 6) is 0.926. The zero-order valence-electron chi connectivity index (χ0n) is 14.3. The molecule has 0 saturated heterocycles. The van der Waals surface area contributed by atoms with Gasteiger partial charge in [0.1, 0.15) is 11.5 Å². The lowest BCUT2D eigenvalue weighted by Gasteiger charge is -2.13. The van der Waals surface area contributed by atoms with Crippen molar-refractivity contribution in [3.8, 4) is 11.5 Å². The van der Waals surface area contributed by atoms with E-state index in [1.165, 1.54) is 19.2 Å². The van der Waals surface area contributed by atoms with Crippen molar-refractivity contribution in [2.75, 3.05) is 31.4 Å². The topological polar surface area (TPSA) is 59.6 Å². The van der Waals surface area contributed by atoms with E-state index in [1.54, 1.807) is 25.3 Å². The van der Waals surface area contributed by atoms with Crippen LogP contribution in [0.15, 0.2) is 42.5 Å². The second-order valence-electron chi connectivity index (χ2n) is 5.37. The maximum atomic E-state index is 12.5. The summed E-state index contributed by atoms with van der Waals surface area (Å²) < 4.78 is 47.9. The van der Waals surface area contributed by atoms with Crippen LogP contribution in [-0.4, -0.2) is 26.7 Å². The second-order valence-corrected chi connectivity index (χ2v) is 5.37. The number of ether oxygens (including phenoxy) is 2. The van der Waals surface area contributed by atoms with Crippen molar-refractivity contribution in [1.82, 2.24) is 0 Å². The van der Waals surface area contributed by atoms with Crippen LogP contribution in [0, 0.1) is 0 Å². The minimum absolute atomic E-state index is 0.126. The minimum atomic E-state index is -4.40. The number of methoxy groups -OCH3 is 2. The molecular weight excluding hydrogens is 349 g/mol. The quantitative estimate of drug-likeness (QED) is 0.770. The van der Waals surface area contributed by atoms with Crippen LogP contribution in [0.1, 0.15) is 12.0 Å². The van der Waals surface area contributed by atoms with Gasteiger partial charge in [-0.2, -0.15) is 13.2 Å². The van der Waals surface area contributed by atoms with E-state index in [0.717, 1.165) is 12.1 Å². The molecule has 0 aliphatic rings. The molecule has 0 spiro atoms. The molecule has 0 atom stereocenters. The highest BCUT2D eigenvalue weighted by atomic mass is 19.4. The molecule has 26 heavy (non-hydrogen) atoms. The molecule has 2 N–H and O–H groups in total. The number of carbonyl (C=O) groups is 1. The fourth-order valence-electron chi connectivity index (χ4n) is 2.23. The first-order valence-corrected chi connectivity index (χ1v) is 7.76. The number of rotatable bonds is 7. The number of hydrogen-bond donors (Lipinski definition) is 2. The van der Waals surface area contributed by atoms with Gasteiger partial charge in [0, 0.05) is 24.7 Å². The average Bonchev–Trinajstić information content (AvgIpc) is 2.61. The number of alkyl halides is 3. The summed E-state index contributed by atoms with van der Waals surface area (Å²) in [6.45, 7) is 0.315. The van der Waals surface area contributed by atoms with E-state index >= 15 is 0 Å². The molecular formula is C18H19F3N2O3. The predicted molar refractivity (Wildman–Crippen MR) is 92.7 cm³/mol. The normalized spacial score (nSPS) is 11.0. The SMILES string of the molecule is COc1ccc(OC)c(NCCC(=O)Nc2ccc(C(F)(F)F)cc2)c1. The van der Waals surface area contributed by atoms with Crippen molar-refractivity contribution >= 4 is 17.3 Å². The van der Waals surface area contributed by atoms with Gasteiger partial charge in [0.2, 0.25) is 5.91 Å². The van der Waals surface area contributed by atoms with Crippen LogP contribution >= 0.6 is 0 Å². The molecule has 8 heteroatoms. The lowest BCUT2D eigenvalue weighted by atomic mass is 10.2. The summed E-state index contributed by atoms with van der Waals surface area (Å²) >= 11 is 0. The van der Waals surface area contributed by atoms with Gasteiger partial charge in [-0.25, -0.2) is 0 Å². The van der Waals surface area contributed by atoms with Crippen molar-refractivity contribution < 1.29 is 27.4 Å². The van der Waals surface area contributed by atoms with Gasteiger partial charge in [-0.3, -0.25) is 4.79 Å². The van der Waals surface area contributed by atoms with Gasteiger partial charge < -0.3 is 20.1 Å². The first kappa shape index (κ1) is 19.4. The van der Waals surface area contributed by atoms with Gasteiger partial charge in [0.25, 0.3) is 0 Å². The fourth-order valence-corrected chi connectivity index (χ4v) is 2.23. The minimum Gasteiger partial charge on any atom is -0.497 e.